The van der Waals surface area contributed by atoms with E-state index in [1.165, 1.54) is 0 Å². The predicted molar refractivity (Wildman–Crippen MR) is 74.1 cm³/mol. The Labute approximate surface area is 109 Å². The summed E-state index contributed by atoms with van der Waals surface area (Å²) in [7, 11) is 0. The van der Waals surface area contributed by atoms with Crippen LogP contribution in [0.5, 0.6) is 5.75 Å². The van der Waals surface area contributed by atoms with Gasteiger partial charge in [-0.25, -0.2) is 0 Å². The molecule has 3 nitrogen and oxygen atoms in total. The van der Waals surface area contributed by atoms with E-state index in [-0.39, 0.29) is 11.8 Å². The van der Waals surface area contributed by atoms with Crippen LogP contribution in [-0.4, -0.2) is 18.4 Å². The molecule has 1 rings (SSSR count). The van der Waals surface area contributed by atoms with E-state index in [1.54, 1.807) is 0 Å². The number of ketones is 1. The van der Waals surface area contributed by atoms with E-state index in [9.17, 15) is 4.79 Å². The number of benzene rings is 1. The average molecular weight is 249 g/mol. The summed E-state index contributed by atoms with van der Waals surface area (Å²) in [6, 6.07) is 7.34. The van der Waals surface area contributed by atoms with Gasteiger partial charge in [-0.05, 0) is 25.0 Å². The van der Waals surface area contributed by atoms with Crippen LogP contribution in [0.2, 0.25) is 0 Å². The van der Waals surface area contributed by atoms with Crippen molar-refractivity contribution in [3.63, 3.8) is 0 Å². The fourth-order valence-electron chi connectivity index (χ4n) is 1.86. The number of hydrogen-bond acceptors (Lipinski definition) is 3. The van der Waals surface area contributed by atoms with Crippen LogP contribution in [-0.2, 0) is 0 Å². The number of rotatable bonds is 8. The molecule has 0 saturated heterocycles. The fourth-order valence-corrected chi connectivity index (χ4v) is 1.86. The molecule has 0 fully saturated rings. The number of Topliss-reactive ketones (excluding diaryl/α,β-unsaturated/α-hetero) is 1. The molecular weight excluding hydrogens is 226 g/mol. The van der Waals surface area contributed by atoms with Gasteiger partial charge in [0.05, 0.1) is 12.2 Å². The second-order valence-electron chi connectivity index (χ2n) is 4.52. The Balaban J connectivity index is 2.71. The first-order valence-electron chi connectivity index (χ1n) is 6.69. The van der Waals surface area contributed by atoms with Crippen LogP contribution >= 0.6 is 0 Å². The first kappa shape index (κ1) is 14.7. The largest absolute Gasteiger partial charge is 0.493 e. The van der Waals surface area contributed by atoms with E-state index in [2.05, 4.69) is 6.92 Å². The molecule has 1 aromatic carbocycles. The molecule has 18 heavy (non-hydrogen) atoms. The quantitative estimate of drug-likeness (QED) is 0.720. The van der Waals surface area contributed by atoms with Gasteiger partial charge in [-0.2, -0.15) is 0 Å². The highest BCUT2D eigenvalue weighted by Crippen LogP contribution is 2.20. The Morgan fingerprint density at radius 2 is 2.00 bits per heavy atom. The molecule has 0 aromatic heterocycles. The molecule has 0 spiro atoms. The lowest BCUT2D eigenvalue weighted by Gasteiger charge is -2.12. The highest BCUT2D eigenvalue weighted by molar-refractivity contribution is 5.98. The van der Waals surface area contributed by atoms with Crippen molar-refractivity contribution in [1.82, 2.24) is 0 Å². The number of nitrogens with two attached hydrogens (primary N) is 1. The fraction of sp³-hybridized carbons (Fsp3) is 0.533. The summed E-state index contributed by atoms with van der Waals surface area (Å²) in [6.07, 6.45) is 3.20. The summed E-state index contributed by atoms with van der Waals surface area (Å²) < 4.78 is 5.59. The molecule has 0 aliphatic heterocycles. The Hall–Kier alpha value is -1.35. The molecule has 100 valence electrons. The van der Waals surface area contributed by atoms with Gasteiger partial charge in [0.2, 0.25) is 0 Å². The molecule has 0 aliphatic rings. The maximum Gasteiger partial charge on any atom is 0.168 e. The minimum atomic E-state index is -0.0540. The van der Waals surface area contributed by atoms with Crippen LogP contribution in [0.4, 0.5) is 0 Å². The molecule has 0 saturated carbocycles. The minimum absolute atomic E-state index is 0.0540. The minimum Gasteiger partial charge on any atom is -0.493 e. The van der Waals surface area contributed by atoms with E-state index < -0.39 is 0 Å². The summed E-state index contributed by atoms with van der Waals surface area (Å²) >= 11 is 0. The maximum atomic E-state index is 12.2. The van der Waals surface area contributed by atoms with Crippen LogP contribution < -0.4 is 10.5 Å². The highest BCUT2D eigenvalue weighted by atomic mass is 16.5. The lowest BCUT2D eigenvalue weighted by atomic mass is 10.0. The number of ether oxygens (including phenoxy) is 1. The van der Waals surface area contributed by atoms with Gasteiger partial charge in [-0.1, -0.05) is 32.4 Å². The van der Waals surface area contributed by atoms with Crippen molar-refractivity contribution in [2.45, 2.75) is 45.6 Å². The third-order valence-electron chi connectivity index (χ3n) is 2.76. The SMILES string of the molecule is CCCOc1ccccc1C(=O)CC(N)CCC. The van der Waals surface area contributed by atoms with E-state index >= 15 is 0 Å². The smallest absolute Gasteiger partial charge is 0.168 e. The van der Waals surface area contributed by atoms with Crippen LogP contribution in [0.1, 0.15) is 49.9 Å². The number of carbonyl (C=O) groups is 1. The molecule has 0 aliphatic carbocycles. The maximum absolute atomic E-state index is 12.2. The van der Waals surface area contributed by atoms with Gasteiger partial charge in [0, 0.05) is 12.5 Å². The van der Waals surface area contributed by atoms with E-state index in [0.717, 1.165) is 19.3 Å². The van der Waals surface area contributed by atoms with Gasteiger partial charge in [0.15, 0.2) is 5.78 Å². The van der Waals surface area contributed by atoms with Crippen molar-refractivity contribution in [2.24, 2.45) is 5.73 Å². The van der Waals surface area contributed by atoms with Crippen molar-refractivity contribution in [2.75, 3.05) is 6.61 Å². The van der Waals surface area contributed by atoms with Gasteiger partial charge >= 0.3 is 0 Å². The topological polar surface area (TPSA) is 52.3 Å². The predicted octanol–water partition coefficient (Wildman–Crippen LogP) is 3.18. The van der Waals surface area contributed by atoms with Gasteiger partial charge in [0.25, 0.3) is 0 Å². The zero-order valence-corrected chi connectivity index (χ0v) is 11.3. The Bertz CT molecular complexity index is 377. The second-order valence-corrected chi connectivity index (χ2v) is 4.52. The van der Waals surface area contributed by atoms with E-state index in [4.69, 9.17) is 10.5 Å². The molecule has 2 N–H and O–H groups in total. The van der Waals surface area contributed by atoms with Crippen molar-refractivity contribution in [3.8, 4) is 5.75 Å². The van der Waals surface area contributed by atoms with Gasteiger partial charge in [-0.15, -0.1) is 0 Å². The molecule has 3 heteroatoms. The molecule has 1 aromatic rings. The first-order valence-corrected chi connectivity index (χ1v) is 6.69. The van der Waals surface area contributed by atoms with E-state index in [0.29, 0.717) is 24.3 Å². The van der Waals surface area contributed by atoms with Crippen LogP contribution in [0, 0.1) is 0 Å². The van der Waals surface area contributed by atoms with Crippen LogP contribution in [0.15, 0.2) is 24.3 Å². The monoisotopic (exact) mass is 249 g/mol. The average Bonchev–Trinajstić information content (AvgIpc) is 2.36. The number of carbonyl (C=O) groups excluding carboxylic acids is 1. The lowest BCUT2D eigenvalue weighted by Crippen LogP contribution is -2.23. The first-order chi connectivity index (χ1) is 8.69. The lowest BCUT2D eigenvalue weighted by molar-refractivity contribution is 0.0969. The molecule has 0 bridgehead atoms. The highest BCUT2D eigenvalue weighted by Gasteiger charge is 2.15. The molecule has 0 amide bonds. The standard InChI is InChI=1S/C15H23NO2/c1-3-7-12(16)11-14(17)13-8-5-6-9-15(13)18-10-4-2/h5-6,8-9,12H,3-4,7,10-11,16H2,1-2H3. The van der Waals surface area contributed by atoms with Crippen LogP contribution in [0.3, 0.4) is 0 Å². The van der Waals surface area contributed by atoms with Crippen molar-refractivity contribution >= 4 is 5.78 Å². The van der Waals surface area contributed by atoms with Crippen molar-refractivity contribution in [3.05, 3.63) is 29.8 Å². The summed E-state index contributed by atoms with van der Waals surface area (Å²) in [6.45, 7) is 4.75. The van der Waals surface area contributed by atoms with Gasteiger partial charge in [0.1, 0.15) is 5.75 Å². The zero-order valence-electron chi connectivity index (χ0n) is 11.3. The summed E-state index contributed by atoms with van der Waals surface area (Å²) in [5.41, 5.74) is 6.56. The summed E-state index contributed by atoms with van der Waals surface area (Å²) in [5, 5.41) is 0. The van der Waals surface area contributed by atoms with Crippen molar-refractivity contribution < 1.29 is 9.53 Å². The van der Waals surface area contributed by atoms with Gasteiger partial charge in [-0.3, -0.25) is 4.79 Å². The number of hydrogen-bond donors (Lipinski definition) is 1. The number of para-hydroxylation sites is 1. The molecule has 1 unspecified atom stereocenters. The van der Waals surface area contributed by atoms with Crippen LogP contribution in [0.25, 0.3) is 0 Å². The molecule has 0 radical (unpaired) electrons. The Kier molecular flexibility index (Phi) is 6.44. The third kappa shape index (κ3) is 4.49. The Morgan fingerprint density at radius 1 is 1.28 bits per heavy atom. The van der Waals surface area contributed by atoms with E-state index in [1.807, 2.05) is 31.2 Å². The zero-order chi connectivity index (χ0) is 13.4. The van der Waals surface area contributed by atoms with Crippen molar-refractivity contribution in [1.29, 1.82) is 0 Å². The summed E-state index contributed by atoms with van der Waals surface area (Å²) in [4.78, 5) is 12.2. The Morgan fingerprint density at radius 3 is 2.67 bits per heavy atom. The molecule has 0 heterocycles. The van der Waals surface area contributed by atoms with Gasteiger partial charge < -0.3 is 10.5 Å². The molecular formula is C15H23NO2. The third-order valence-corrected chi connectivity index (χ3v) is 2.76. The normalized spacial score (nSPS) is 12.2. The second kappa shape index (κ2) is 7.88. The summed E-state index contributed by atoms with van der Waals surface area (Å²) in [5.74, 6) is 0.746. The molecule has 1 atom stereocenters.